The molecule has 0 bridgehead atoms. The van der Waals surface area contributed by atoms with Gasteiger partial charge in [-0.1, -0.05) is 18.2 Å². The van der Waals surface area contributed by atoms with E-state index in [0.717, 1.165) is 17.7 Å². The summed E-state index contributed by atoms with van der Waals surface area (Å²) in [5, 5.41) is 0. The van der Waals surface area contributed by atoms with Crippen LogP contribution >= 0.6 is 0 Å². The SMILES string of the molecule is Cc1ccc(F)c(C(N)c2ccc3c(c2)CC(C)O3)c1F. The second kappa shape index (κ2) is 5.11. The Hall–Kier alpha value is -1.94. The topological polar surface area (TPSA) is 35.2 Å². The highest BCUT2D eigenvalue weighted by atomic mass is 19.1. The van der Waals surface area contributed by atoms with E-state index in [9.17, 15) is 8.78 Å². The number of aryl methyl sites for hydroxylation is 1. The van der Waals surface area contributed by atoms with Crippen molar-refractivity contribution in [2.45, 2.75) is 32.4 Å². The molecule has 2 N–H and O–H groups in total. The lowest BCUT2D eigenvalue weighted by Crippen LogP contribution is -2.16. The first-order valence-corrected chi connectivity index (χ1v) is 6.97. The number of hydrogen-bond donors (Lipinski definition) is 1. The minimum atomic E-state index is -0.828. The van der Waals surface area contributed by atoms with Gasteiger partial charge >= 0.3 is 0 Å². The second-order valence-corrected chi connectivity index (χ2v) is 5.57. The summed E-state index contributed by atoms with van der Waals surface area (Å²) in [7, 11) is 0. The van der Waals surface area contributed by atoms with E-state index in [4.69, 9.17) is 10.5 Å². The van der Waals surface area contributed by atoms with E-state index in [-0.39, 0.29) is 11.7 Å². The van der Waals surface area contributed by atoms with Crippen LogP contribution in [0, 0.1) is 18.6 Å². The van der Waals surface area contributed by atoms with Crippen molar-refractivity contribution in [2.24, 2.45) is 5.73 Å². The van der Waals surface area contributed by atoms with Crippen molar-refractivity contribution in [3.63, 3.8) is 0 Å². The van der Waals surface area contributed by atoms with Gasteiger partial charge in [0, 0.05) is 12.0 Å². The Bertz CT molecular complexity index is 699. The first kappa shape index (κ1) is 14.0. The van der Waals surface area contributed by atoms with Gasteiger partial charge in [-0.3, -0.25) is 0 Å². The Morgan fingerprint density at radius 2 is 2.00 bits per heavy atom. The quantitative estimate of drug-likeness (QED) is 0.916. The maximum Gasteiger partial charge on any atom is 0.134 e. The van der Waals surface area contributed by atoms with Crippen molar-refractivity contribution in [1.29, 1.82) is 0 Å². The van der Waals surface area contributed by atoms with Crippen molar-refractivity contribution in [2.75, 3.05) is 0 Å². The van der Waals surface area contributed by atoms with E-state index in [2.05, 4.69) is 0 Å². The third kappa shape index (κ3) is 2.40. The number of rotatable bonds is 2. The van der Waals surface area contributed by atoms with Crippen LogP contribution in [-0.2, 0) is 6.42 Å². The summed E-state index contributed by atoms with van der Waals surface area (Å²) in [6, 6.07) is 7.31. The summed E-state index contributed by atoms with van der Waals surface area (Å²) in [6.07, 6.45) is 0.910. The van der Waals surface area contributed by atoms with Crippen LogP contribution in [0.3, 0.4) is 0 Å². The zero-order chi connectivity index (χ0) is 15.1. The molecule has 0 saturated carbocycles. The molecule has 0 fully saturated rings. The predicted molar refractivity (Wildman–Crippen MR) is 77.4 cm³/mol. The van der Waals surface area contributed by atoms with Gasteiger partial charge in [-0.25, -0.2) is 8.78 Å². The summed E-state index contributed by atoms with van der Waals surface area (Å²) in [6.45, 7) is 3.59. The van der Waals surface area contributed by atoms with Crippen molar-refractivity contribution < 1.29 is 13.5 Å². The lowest BCUT2D eigenvalue weighted by Gasteiger charge is -2.16. The van der Waals surface area contributed by atoms with Crippen molar-refractivity contribution >= 4 is 0 Å². The average Bonchev–Trinajstić information content (AvgIpc) is 2.82. The largest absolute Gasteiger partial charge is 0.490 e. The lowest BCUT2D eigenvalue weighted by atomic mass is 9.95. The van der Waals surface area contributed by atoms with Gasteiger partial charge in [-0.15, -0.1) is 0 Å². The number of nitrogens with two attached hydrogens (primary N) is 1. The van der Waals surface area contributed by atoms with Gasteiger partial charge < -0.3 is 10.5 Å². The Morgan fingerprint density at radius 1 is 1.24 bits per heavy atom. The third-order valence-electron chi connectivity index (χ3n) is 3.91. The van der Waals surface area contributed by atoms with E-state index >= 15 is 0 Å². The van der Waals surface area contributed by atoms with Crippen molar-refractivity contribution in [3.05, 3.63) is 64.2 Å². The van der Waals surface area contributed by atoms with E-state index in [1.807, 2.05) is 19.1 Å². The van der Waals surface area contributed by atoms with Gasteiger partial charge in [0.1, 0.15) is 23.5 Å². The maximum absolute atomic E-state index is 14.2. The smallest absolute Gasteiger partial charge is 0.134 e. The maximum atomic E-state index is 14.2. The molecule has 2 unspecified atom stereocenters. The molecule has 1 heterocycles. The summed E-state index contributed by atoms with van der Waals surface area (Å²) < 4.78 is 33.8. The zero-order valence-corrected chi connectivity index (χ0v) is 12.0. The van der Waals surface area contributed by atoms with Crippen molar-refractivity contribution in [3.8, 4) is 5.75 Å². The molecular weight excluding hydrogens is 272 g/mol. The highest BCUT2D eigenvalue weighted by molar-refractivity contribution is 5.44. The molecular formula is C17H17F2NO. The highest BCUT2D eigenvalue weighted by Gasteiger charge is 2.23. The van der Waals surface area contributed by atoms with Crippen LogP contribution < -0.4 is 10.5 Å². The fourth-order valence-corrected chi connectivity index (χ4v) is 2.77. The van der Waals surface area contributed by atoms with Crippen LogP contribution in [0.4, 0.5) is 8.78 Å². The summed E-state index contributed by atoms with van der Waals surface area (Å²) in [4.78, 5) is 0. The van der Waals surface area contributed by atoms with Crippen LogP contribution in [0.5, 0.6) is 5.75 Å². The predicted octanol–water partition coefficient (Wildman–Crippen LogP) is 3.64. The van der Waals surface area contributed by atoms with Gasteiger partial charge in [0.25, 0.3) is 0 Å². The first-order chi connectivity index (χ1) is 9.97. The molecule has 3 rings (SSSR count). The molecule has 0 aliphatic carbocycles. The molecule has 0 radical (unpaired) electrons. The Balaban J connectivity index is 2.02. The summed E-state index contributed by atoms with van der Waals surface area (Å²) >= 11 is 0. The van der Waals surface area contributed by atoms with Gasteiger partial charge in [0.05, 0.1) is 6.04 Å². The molecule has 0 spiro atoms. The first-order valence-electron chi connectivity index (χ1n) is 6.97. The summed E-state index contributed by atoms with van der Waals surface area (Å²) in [5.74, 6) is -0.369. The number of fused-ring (bicyclic) bond motifs is 1. The van der Waals surface area contributed by atoms with E-state index in [1.165, 1.54) is 12.1 Å². The Kier molecular flexibility index (Phi) is 3.41. The highest BCUT2D eigenvalue weighted by Crippen LogP contribution is 2.33. The van der Waals surface area contributed by atoms with Crippen LogP contribution in [0.2, 0.25) is 0 Å². The number of hydrogen-bond acceptors (Lipinski definition) is 2. The fourth-order valence-electron chi connectivity index (χ4n) is 2.77. The van der Waals surface area contributed by atoms with E-state index in [0.29, 0.717) is 11.1 Å². The van der Waals surface area contributed by atoms with Crippen LogP contribution in [0.15, 0.2) is 30.3 Å². The lowest BCUT2D eigenvalue weighted by molar-refractivity contribution is 0.254. The molecule has 1 aliphatic heterocycles. The molecule has 1 aliphatic rings. The summed E-state index contributed by atoms with van der Waals surface area (Å²) in [5.41, 5.74) is 8.12. The van der Waals surface area contributed by atoms with Crippen LogP contribution in [0.25, 0.3) is 0 Å². The standard InChI is InChI=1S/C17H17F2NO/c1-9-3-5-13(18)15(16(9)19)17(20)11-4-6-14-12(8-11)7-10(2)21-14/h3-6,8,10,17H,7,20H2,1-2H3. The third-order valence-corrected chi connectivity index (χ3v) is 3.91. The van der Waals surface area contributed by atoms with E-state index < -0.39 is 17.7 Å². The zero-order valence-electron chi connectivity index (χ0n) is 12.0. The number of halogens is 2. The van der Waals surface area contributed by atoms with Gasteiger partial charge in [0.15, 0.2) is 0 Å². The molecule has 110 valence electrons. The molecule has 21 heavy (non-hydrogen) atoms. The monoisotopic (exact) mass is 289 g/mol. The normalized spacial score (nSPS) is 18.2. The van der Waals surface area contributed by atoms with Gasteiger partial charge in [0.2, 0.25) is 0 Å². The number of benzene rings is 2. The van der Waals surface area contributed by atoms with Crippen LogP contribution in [0.1, 0.15) is 35.2 Å². The molecule has 0 aromatic heterocycles. The molecule has 2 nitrogen and oxygen atoms in total. The minimum absolute atomic E-state index is 0.0816. The van der Waals surface area contributed by atoms with Crippen molar-refractivity contribution in [1.82, 2.24) is 0 Å². The molecule has 0 amide bonds. The molecule has 4 heteroatoms. The molecule has 0 saturated heterocycles. The second-order valence-electron chi connectivity index (χ2n) is 5.57. The van der Waals surface area contributed by atoms with Gasteiger partial charge in [-0.2, -0.15) is 0 Å². The van der Waals surface area contributed by atoms with Gasteiger partial charge in [-0.05, 0) is 42.7 Å². The molecule has 2 aromatic carbocycles. The van der Waals surface area contributed by atoms with Crippen LogP contribution in [-0.4, -0.2) is 6.10 Å². The van der Waals surface area contributed by atoms with E-state index in [1.54, 1.807) is 13.0 Å². The Labute approximate surface area is 122 Å². The Morgan fingerprint density at radius 3 is 2.76 bits per heavy atom. The fraction of sp³-hybridized carbons (Fsp3) is 0.294. The molecule has 2 aromatic rings. The molecule has 2 atom stereocenters. The average molecular weight is 289 g/mol. The minimum Gasteiger partial charge on any atom is -0.490 e. The number of ether oxygens (including phenoxy) is 1.